The zero-order chi connectivity index (χ0) is 20.8. The minimum Gasteiger partial charge on any atom is -0.496 e. The largest absolute Gasteiger partial charge is 0.496 e. The number of carbonyl (C=O) groups excluding carboxylic acids is 2. The molecular formula is C20H26N2O6S. The summed E-state index contributed by atoms with van der Waals surface area (Å²) < 4.78 is 33.3. The van der Waals surface area contributed by atoms with E-state index in [2.05, 4.69) is 5.32 Å². The van der Waals surface area contributed by atoms with Crippen molar-refractivity contribution in [2.75, 3.05) is 13.7 Å². The molecule has 0 aromatic heterocycles. The molecule has 4 aliphatic carbocycles. The van der Waals surface area contributed by atoms with Crippen LogP contribution in [0.4, 0.5) is 0 Å². The molecule has 0 unspecified atom stereocenters. The molecule has 1 aromatic rings. The Kier molecular flexibility index (Phi) is 5.06. The predicted octanol–water partition coefficient (Wildman–Crippen LogP) is 1.58. The molecule has 1 amide bonds. The van der Waals surface area contributed by atoms with Gasteiger partial charge in [0.2, 0.25) is 10.0 Å². The van der Waals surface area contributed by atoms with Gasteiger partial charge in [-0.2, -0.15) is 0 Å². The Hall–Kier alpha value is -2.13. The number of methoxy groups -OCH3 is 1. The lowest BCUT2D eigenvalue weighted by Crippen LogP contribution is -2.60. The Labute approximate surface area is 170 Å². The van der Waals surface area contributed by atoms with Crippen LogP contribution in [0.5, 0.6) is 5.75 Å². The number of esters is 1. The van der Waals surface area contributed by atoms with Crippen molar-refractivity contribution in [2.24, 2.45) is 22.9 Å². The smallest absolute Gasteiger partial charge is 0.342 e. The molecule has 29 heavy (non-hydrogen) atoms. The Balaban J connectivity index is 1.40. The third-order valence-electron chi connectivity index (χ3n) is 6.50. The molecule has 4 saturated carbocycles. The van der Waals surface area contributed by atoms with Gasteiger partial charge in [-0.3, -0.25) is 4.79 Å². The van der Waals surface area contributed by atoms with Crippen LogP contribution in [0.3, 0.4) is 0 Å². The van der Waals surface area contributed by atoms with Gasteiger partial charge >= 0.3 is 5.97 Å². The number of hydrogen-bond donors (Lipinski definition) is 2. The molecule has 1 aromatic carbocycles. The fourth-order valence-corrected chi connectivity index (χ4v) is 6.37. The van der Waals surface area contributed by atoms with Gasteiger partial charge in [-0.1, -0.05) is 0 Å². The summed E-state index contributed by atoms with van der Waals surface area (Å²) in [4.78, 5) is 24.7. The lowest BCUT2D eigenvalue weighted by molar-refractivity contribution is -0.130. The van der Waals surface area contributed by atoms with E-state index < -0.39 is 22.6 Å². The van der Waals surface area contributed by atoms with Crippen LogP contribution in [0, 0.1) is 17.8 Å². The highest BCUT2D eigenvalue weighted by Crippen LogP contribution is 2.55. The first-order valence-corrected chi connectivity index (χ1v) is 11.4. The maximum absolute atomic E-state index is 12.5. The number of nitrogens with two attached hydrogens (primary N) is 1. The molecule has 158 valence electrons. The molecule has 0 saturated heterocycles. The van der Waals surface area contributed by atoms with E-state index in [-0.39, 0.29) is 27.7 Å². The highest BCUT2D eigenvalue weighted by molar-refractivity contribution is 7.89. The number of hydrogen-bond acceptors (Lipinski definition) is 6. The molecule has 4 aliphatic rings. The number of carbonyl (C=O) groups is 2. The molecule has 9 heteroatoms. The number of rotatable bonds is 6. The maximum Gasteiger partial charge on any atom is 0.342 e. The first-order valence-electron chi connectivity index (χ1n) is 9.86. The van der Waals surface area contributed by atoms with Gasteiger partial charge in [0.15, 0.2) is 6.61 Å². The van der Waals surface area contributed by atoms with E-state index in [9.17, 15) is 18.0 Å². The summed E-state index contributed by atoms with van der Waals surface area (Å²) in [5.41, 5.74) is -0.259. The van der Waals surface area contributed by atoms with Crippen LogP contribution < -0.4 is 15.2 Å². The van der Waals surface area contributed by atoms with Crippen molar-refractivity contribution in [1.29, 1.82) is 0 Å². The number of ether oxygens (including phenoxy) is 2. The number of benzene rings is 1. The van der Waals surface area contributed by atoms with Crippen LogP contribution in [0.25, 0.3) is 0 Å². The SMILES string of the molecule is COc1ccc(S(N)(=O)=O)cc1C(=O)OCC(=O)NC12CC3CC(CC(C3)C1)C2. The molecule has 5 rings (SSSR count). The van der Waals surface area contributed by atoms with Gasteiger partial charge in [-0.05, 0) is 74.5 Å². The average Bonchev–Trinajstić information content (AvgIpc) is 2.63. The zero-order valence-corrected chi connectivity index (χ0v) is 17.2. The minimum absolute atomic E-state index is 0.0957. The van der Waals surface area contributed by atoms with Gasteiger partial charge in [-0.25, -0.2) is 18.4 Å². The normalized spacial score (nSPS) is 30.1. The summed E-state index contributed by atoms with van der Waals surface area (Å²) in [5.74, 6) is 1.04. The van der Waals surface area contributed by atoms with E-state index in [1.165, 1.54) is 38.5 Å². The molecular weight excluding hydrogens is 396 g/mol. The lowest BCUT2D eigenvalue weighted by atomic mass is 9.53. The summed E-state index contributed by atoms with van der Waals surface area (Å²) in [6.07, 6.45) is 6.81. The second-order valence-electron chi connectivity index (χ2n) is 8.73. The molecule has 0 radical (unpaired) electrons. The molecule has 0 spiro atoms. The molecule has 3 N–H and O–H groups in total. The number of primary sulfonamides is 1. The second kappa shape index (κ2) is 7.28. The summed E-state index contributed by atoms with van der Waals surface area (Å²) in [5, 5.41) is 8.25. The fourth-order valence-electron chi connectivity index (χ4n) is 5.83. The second-order valence-corrected chi connectivity index (χ2v) is 10.3. The first kappa shape index (κ1) is 20.2. The Morgan fingerprint density at radius 1 is 1.14 bits per heavy atom. The Bertz CT molecular complexity index is 907. The molecule has 8 nitrogen and oxygen atoms in total. The highest BCUT2D eigenvalue weighted by atomic mass is 32.2. The van der Waals surface area contributed by atoms with Crippen molar-refractivity contribution >= 4 is 21.9 Å². The van der Waals surface area contributed by atoms with Gasteiger partial charge in [0.1, 0.15) is 11.3 Å². The number of nitrogens with one attached hydrogen (secondary N) is 1. The van der Waals surface area contributed by atoms with Gasteiger partial charge < -0.3 is 14.8 Å². The van der Waals surface area contributed by atoms with Crippen LogP contribution in [0.2, 0.25) is 0 Å². The quantitative estimate of drug-likeness (QED) is 0.671. The fraction of sp³-hybridized carbons (Fsp3) is 0.600. The monoisotopic (exact) mass is 422 g/mol. The number of amides is 1. The van der Waals surface area contributed by atoms with Crippen molar-refractivity contribution in [3.63, 3.8) is 0 Å². The third-order valence-corrected chi connectivity index (χ3v) is 7.41. The van der Waals surface area contributed by atoms with Crippen molar-refractivity contribution in [1.82, 2.24) is 5.32 Å². The van der Waals surface area contributed by atoms with E-state index in [0.29, 0.717) is 17.8 Å². The average molecular weight is 423 g/mol. The van der Waals surface area contributed by atoms with Crippen LogP contribution in [0.1, 0.15) is 48.9 Å². The van der Waals surface area contributed by atoms with Crippen molar-refractivity contribution < 1.29 is 27.5 Å². The van der Waals surface area contributed by atoms with Crippen molar-refractivity contribution in [3.05, 3.63) is 23.8 Å². The van der Waals surface area contributed by atoms with Crippen molar-refractivity contribution in [2.45, 2.75) is 49.0 Å². The highest BCUT2D eigenvalue weighted by Gasteiger charge is 2.51. The van der Waals surface area contributed by atoms with Gasteiger partial charge in [0, 0.05) is 5.54 Å². The van der Waals surface area contributed by atoms with Crippen LogP contribution in [-0.2, 0) is 19.6 Å². The van der Waals surface area contributed by atoms with Gasteiger partial charge in [0.25, 0.3) is 5.91 Å². The minimum atomic E-state index is -3.99. The van der Waals surface area contributed by atoms with Crippen LogP contribution in [-0.4, -0.2) is 39.5 Å². The van der Waals surface area contributed by atoms with Gasteiger partial charge in [-0.15, -0.1) is 0 Å². The molecule has 0 aliphatic heterocycles. The summed E-state index contributed by atoms with van der Waals surface area (Å²) in [6, 6.07) is 3.66. The van der Waals surface area contributed by atoms with E-state index in [1.807, 2.05) is 0 Å². The van der Waals surface area contributed by atoms with Crippen molar-refractivity contribution in [3.8, 4) is 5.75 Å². The molecule has 0 heterocycles. The zero-order valence-electron chi connectivity index (χ0n) is 16.3. The van der Waals surface area contributed by atoms with Gasteiger partial charge in [0.05, 0.1) is 12.0 Å². The molecule has 4 bridgehead atoms. The first-order chi connectivity index (χ1) is 13.7. The maximum atomic E-state index is 12.5. The number of sulfonamides is 1. The molecule has 4 fully saturated rings. The van der Waals surface area contributed by atoms with E-state index in [0.717, 1.165) is 25.3 Å². The summed E-state index contributed by atoms with van der Waals surface area (Å²) >= 11 is 0. The third kappa shape index (κ3) is 4.11. The van der Waals surface area contributed by atoms with E-state index >= 15 is 0 Å². The topological polar surface area (TPSA) is 125 Å². The standard InChI is InChI=1S/C20H26N2O6S/c1-27-17-3-2-15(29(21,25)26)7-16(17)19(24)28-11-18(23)22-20-8-12-4-13(9-20)6-14(5-12)10-20/h2-3,7,12-14H,4-6,8-11H2,1H3,(H,22,23)(H2,21,25,26). The van der Waals surface area contributed by atoms with E-state index in [4.69, 9.17) is 14.6 Å². The van der Waals surface area contributed by atoms with E-state index in [1.54, 1.807) is 0 Å². The lowest BCUT2D eigenvalue weighted by Gasteiger charge is -2.56. The Morgan fingerprint density at radius 3 is 2.24 bits per heavy atom. The molecule has 0 atom stereocenters. The predicted molar refractivity (Wildman–Crippen MR) is 104 cm³/mol. The summed E-state index contributed by atoms with van der Waals surface area (Å²) in [6.45, 7) is -0.427. The van der Waals surface area contributed by atoms with Crippen LogP contribution in [0.15, 0.2) is 23.1 Å². The summed E-state index contributed by atoms with van der Waals surface area (Å²) in [7, 11) is -2.64. The Morgan fingerprint density at radius 2 is 1.72 bits per heavy atom. The van der Waals surface area contributed by atoms with Crippen LogP contribution >= 0.6 is 0 Å².